The highest BCUT2D eigenvalue weighted by atomic mass is 19.4. The molecule has 10 nitrogen and oxygen atoms in total. The monoisotopic (exact) mass is 660 g/mol. The number of carbonyl (C=O) groups excluding carboxylic acids is 1. The van der Waals surface area contributed by atoms with Crippen molar-refractivity contribution in [2.75, 3.05) is 19.0 Å². The molecule has 5 aromatic rings. The van der Waals surface area contributed by atoms with Crippen LogP contribution in [0.5, 0.6) is 5.75 Å². The molecule has 13 heteroatoms. The second kappa shape index (κ2) is 14.5. The number of benzene rings is 4. The average molecular weight is 661 g/mol. The number of carbonyl (C=O) groups is 2. The smallest absolute Gasteiger partial charge is 0.416 e. The summed E-state index contributed by atoms with van der Waals surface area (Å²) >= 11 is 0. The molecule has 1 amide bonds. The van der Waals surface area contributed by atoms with Gasteiger partial charge in [0.25, 0.3) is 5.89 Å². The van der Waals surface area contributed by atoms with Crippen LogP contribution < -0.4 is 10.1 Å². The largest absolute Gasteiger partial charge is 0.497 e. The minimum absolute atomic E-state index is 0.0194. The third-order valence-electron chi connectivity index (χ3n) is 7.47. The first kappa shape index (κ1) is 33.8. The quantitative estimate of drug-likeness (QED) is 0.128. The number of alkyl halides is 3. The number of aliphatic carboxylic acids is 1. The number of carboxylic acid groups (broad SMARTS) is 1. The molecule has 48 heavy (non-hydrogen) atoms. The van der Waals surface area contributed by atoms with E-state index in [2.05, 4.69) is 15.5 Å². The molecule has 1 heterocycles. The lowest BCUT2D eigenvalue weighted by molar-refractivity contribution is -0.142. The fourth-order valence-corrected chi connectivity index (χ4v) is 4.98. The molecule has 0 radical (unpaired) electrons. The molecule has 3 N–H and O–H groups in total. The maximum absolute atomic E-state index is 13.5. The summed E-state index contributed by atoms with van der Waals surface area (Å²) in [7, 11) is 1.25. The number of aryl methyl sites for hydroxylation is 1. The van der Waals surface area contributed by atoms with Gasteiger partial charge in [-0.05, 0) is 60.0 Å². The van der Waals surface area contributed by atoms with Crippen LogP contribution in [0.15, 0.2) is 95.5 Å². The van der Waals surface area contributed by atoms with Crippen LogP contribution in [0.1, 0.15) is 34.0 Å². The molecule has 1 unspecified atom stereocenters. The fourth-order valence-electron chi connectivity index (χ4n) is 4.98. The van der Waals surface area contributed by atoms with E-state index in [-0.39, 0.29) is 23.5 Å². The number of amides is 1. The van der Waals surface area contributed by atoms with Crippen LogP contribution in [0, 0.1) is 6.92 Å². The van der Waals surface area contributed by atoms with Gasteiger partial charge in [-0.3, -0.25) is 14.5 Å². The fraction of sp³-hybridized carbons (Fsp3) is 0.200. The SMILES string of the molecule is COc1ccc(CC(=O)Nc2ccc(C(O)N(CC(=O)O)Cc3ccc(-c4nc(-c5ccc(C)cc5)no4)cc3)cc2)c(C(F)(F)F)c1. The normalized spacial score (nSPS) is 12.1. The number of ether oxygens (including phenoxy) is 1. The summed E-state index contributed by atoms with van der Waals surface area (Å²) in [6, 6.07) is 24.1. The van der Waals surface area contributed by atoms with Crippen LogP contribution in [-0.4, -0.2) is 50.8 Å². The second-order valence-electron chi connectivity index (χ2n) is 11.0. The first-order valence-electron chi connectivity index (χ1n) is 14.7. The third-order valence-corrected chi connectivity index (χ3v) is 7.47. The number of hydrogen-bond acceptors (Lipinski definition) is 8. The van der Waals surface area contributed by atoms with E-state index in [0.717, 1.165) is 17.2 Å². The zero-order valence-electron chi connectivity index (χ0n) is 25.9. The number of aromatic nitrogens is 2. The van der Waals surface area contributed by atoms with Gasteiger partial charge in [0.15, 0.2) is 0 Å². The Morgan fingerprint density at radius 3 is 2.25 bits per heavy atom. The van der Waals surface area contributed by atoms with Gasteiger partial charge >= 0.3 is 12.1 Å². The highest BCUT2D eigenvalue weighted by molar-refractivity contribution is 5.92. The Morgan fingerprint density at radius 1 is 0.958 bits per heavy atom. The van der Waals surface area contributed by atoms with E-state index in [9.17, 15) is 33.0 Å². The number of carboxylic acids is 1. The first-order chi connectivity index (χ1) is 22.9. The van der Waals surface area contributed by atoms with E-state index in [4.69, 9.17) is 9.26 Å². The summed E-state index contributed by atoms with van der Waals surface area (Å²) in [5.41, 5.74) is 2.73. The van der Waals surface area contributed by atoms with E-state index < -0.39 is 42.8 Å². The van der Waals surface area contributed by atoms with Gasteiger partial charge in [0.05, 0.1) is 25.6 Å². The number of anilines is 1. The predicted octanol–water partition coefficient (Wildman–Crippen LogP) is 6.50. The summed E-state index contributed by atoms with van der Waals surface area (Å²) in [4.78, 5) is 30.1. The summed E-state index contributed by atoms with van der Waals surface area (Å²) in [5.74, 6) is -1.05. The second-order valence-corrected chi connectivity index (χ2v) is 11.0. The number of nitrogens with zero attached hydrogens (tertiary/aromatic N) is 3. The lowest BCUT2D eigenvalue weighted by Gasteiger charge is -2.27. The van der Waals surface area contributed by atoms with Gasteiger partial charge in [0, 0.05) is 23.4 Å². The lowest BCUT2D eigenvalue weighted by atomic mass is 10.0. The van der Waals surface area contributed by atoms with Gasteiger partial charge in [-0.15, -0.1) is 0 Å². The van der Waals surface area contributed by atoms with E-state index >= 15 is 0 Å². The number of methoxy groups -OCH3 is 1. The number of nitrogens with one attached hydrogen (secondary N) is 1. The molecule has 0 saturated carbocycles. The number of aliphatic hydroxyl groups excluding tert-OH is 1. The van der Waals surface area contributed by atoms with Crippen LogP contribution in [0.2, 0.25) is 0 Å². The van der Waals surface area contributed by atoms with Crippen molar-refractivity contribution in [3.05, 3.63) is 119 Å². The van der Waals surface area contributed by atoms with Gasteiger partial charge in [-0.25, -0.2) is 0 Å². The number of halogens is 3. The molecule has 1 aromatic heterocycles. The molecule has 4 aromatic carbocycles. The van der Waals surface area contributed by atoms with Crippen molar-refractivity contribution >= 4 is 17.6 Å². The van der Waals surface area contributed by atoms with Crippen LogP contribution >= 0.6 is 0 Å². The Balaban J connectivity index is 1.23. The van der Waals surface area contributed by atoms with E-state index in [1.165, 1.54) is 48.4 Å². The molecule has 0 bridgehead atoms. The van der Waals surface area contributed by atoms with Crippen molar-refractivity contribution in [2.45, 2.75) is 32.3 Å². The topological polar surface area (TPSA) is 138 Å². The van der Waals surface area contributed by atoms with Gasteiger partial charge in [-0.1, -0.05) is 65.3 Å². The molecule has 0 aliphatic rings. The van der Waals surface area contributed by atoms with Gasteiger partial charge in [-0.2, -0.15) is 18.2 Å². The molecule has 0 spiro atoms. The van der Waals surface area contributed by atoms with Crippen LogP contribution in [0.4, 0.5) is 18.9 Å². The minimum Gasteiger partial charge on any atom is -0.497 e. The van der Waals surface area contributed by atoms with Crippen LogP contribution in [-0.2, 0) is 28.7 Å². The zero-order chi connectivity index (χ0) is 34.4. The van der Waals surface area contributed by atoms with Gasteiger partial charge in [0.2, 0.25) is 11.7 Å². The lowest BCUT2D eigenvalue weighted by Crippen LogP contribution is -2.33. The first-order valence-corrected chi connectivity index (χ1v) is 14.7. The van der Waals surface area contributed by atoms with Crippen LogP contribution in [0.3, 0.4) is 0 Å². The Hall–Kier alpha value is -5.53. The maximum Gasteiger partial charge on any atom is 0.416 e. The van der Waals surface area contributed by atoms with E-state index in [1.54, 1.807) is 24.3 Å². The zero-order valence-corrected chi connectivity index (χ0v) is 25.9. The van der Waals surface area contributed by atoms with Crippen molar-refractivity contribution in [2.24, 2.45) is 0 Å². The number of rotatable bonds is 12. The van der Waals surface area contributed by atoms with Crippen molar-refractivity contribution in [3.63, 3.8) is 0 Å². The van der Waals surface area contributed by atoms with E-state index in [1.807, 2.05) is 31.2 Å². The van der Waals surface area contributed by atoms with Crippen molar-refractivity contribution < 1.29 is 42.2 Å². The molecule has 0 saturated heterocycles. The molecule has 0 aliphatic carbocycles. The molecule has 248 valence electrons. The summed E-state index contributed by atoms with van der Waals surface area (Å²) in [6.45, 7) is 1.58. The van der Waals surface area contributed by atoms with Crippen molar-refractivity contribution in [1.82, 2.24) is 15.0 Å². The summed E-state index contributed by atoms with van der Waals surface area (Å²) < 4.78 is 50.9. The molecule has 5 rings (SSSR count). The average Bonchev–Trinajstić information content (AvgIpc) is 3.55. The Kier molecular flexibility index (Phi) is 10.2. The highest BCUT2D eigenvalue weighted by Crippen LogP contribution is 2.35. The van der Waals surface area contributed by atoms with Gasteiger partial charge in [0.1, 0.15) is 12.0 Å². The minimum atomic E-state index is -4.67. The molecular formula is C35H31F3N4O6. The van der Waals surface area contributed by atoms with Gasteiger partial charge < -0.3 is 24.8 Å². The summed E-state index contributed by atoms with van der Waals surface area (Å²) in [6.07, 6.45) is -6.53. The maximum atomic E-state index is 13.5. The van der Waals surface area contributed by atoms with Crippen LogP contribution in [0.25, 0.3) is 22.8 Å². The molecule has 0 fully saturated rings. The van der Waals surface area contributed by atoms with E-state index in [0.29, 0.717) is 28.4 Å². The van der Waals surface area contributed by atoms with Crippen molar-refractivity contribution in [1.29, 1.82) is 0 Å². The Morgan fingerprint density at radius 2 is 1.62 bits per heavy atom. The Bertz CT molecular complexity index is 1870. The molecular weight excluding hydrogens is 629 g/mol. The molecule has 0 aliphatic heterocycles. The highest BCUT2D eigenvalue weighted by Gasteiger charge is 2.34. The summed E-state index contributed by atoms with van der Waals surface area (Å²) in [5, 5.41) is 27.2. The predicted molar refractivity (Wildman–Crippen MR) is 170 cm³/mol. The third kappa shape index (κ3) is 8.43. The Labute approximate surface area is 273 Å². The number of aliphatic hydroxyl groups is 1. The molecule has 1 atom stereocenters. The van der Waals surface area contributed by atoms with Crippen molar-refractivity contribution in [3.8, 4) is 28.6 Å². The number of hydrogen-bond donors (Lipinski definition) is 3. The standard InChI is InChI=1S/C35H31F3N4O6/c1-21-3-7-23(8-4-21)32-40-33(48-41-32)24-9-5-22(6-10-24)19-42(20-31(44)45)34(46)25-11-14-27(15-12-25)39-30(43)17-26-13-16-28(47-2)18-29(26)35(36,37)38/h3-16,18,34,46H,17,19-20H2,1-2H3,(H,39,43)(H,44,45).